The van der Waals surface area contributed by atoms with Crippen LogP contribution in [0.4, 0.5) is 0 Å². The summed E-state index contributed by atoms with van der Waals surface area (Å²) in [7, 11) is 0. The first-order chi connectivity index (χ1) is 4.59. The minimum absolute atomic E-state index is 0.0926. The molecule has 0 radical (unpaired) electrons. The second kappa shape index (κ2) is 4.00. The Bertz CT molecular complexity index is 145. The highest BCUT2D eigenvalue weighted by atomic mass is 16.4. The number of carboxylic acids is 1. The molecule has 0 aliphatic carbocycles. The van der Waals surface area contributed by atoms with Gasteiger partial charge in [-0.1, -0.05) is 13.3 Å². The Kier molecular flexibility index (Phi) is 3.64. The van der Waals surface area contributed by atoms with Crippen LogP contribution in [0.3, 0.4) is 0 Å². The molecule has 10 heavy (non-hydrogen) atoms. The lowest BCUT2D eigenvalue weighted by atomic mass is 10.1. The van der Waals surface area contributed by atoms with Crippen molar-refractivity contribution in [2.75, 3.05) is 0 Å². The second-order valence-electron chi connectivity index (χ2n) is 2.09. The van der Waals surface area contributed by atoms with Gasteiger partial charge in [0.2, 0.25) is 0 Å². The molecule has 0 aromatic carbocycles. The van der Waals surface area contributed by atoms with E-state index in [0.717, 1.165) is 6.42 Å². The predicted octanol–water partition coefficient (Wildman–Crippen LogP) is 0.218. The summed E-state index contributed by atoms with van der Waals surface area (Å²) in [6, 6.07) is -1.11. The summed E-state index contributed by atoms with van der Waals surface area (Å²) < 4.78 is 0. The molecule has 1 unspecified atom stereocenters. The van der Waals surface area contributed by atoms with Gasteiger partial charge in [0.15, 0.2) is 0 Å². The highest BCUT2D eigenvalue weighted by molar-refractivity contribution is 6.03. The normalized spacial score (nSPS) is 12.6. The third kappa shape index (κ3) is 2.59. The van der Waals surface area contributed by atoms with Crippen LogP contribution in [0, 0.1) is 5.41 Å². The van der Waals surface area contributed by atoms with Gasteiger partial charge in [0.05, 0.1) is 0 Å². The first-order valence-electron chi connectivity index (χ1n) is 3.15. The Morgan fingerprint density at radius 2 is 2.30 bits per heavy atom. The summed E-state index contributed by atoms with van der Waals surface area (Å²) in [5.74, 6) is -1.13. The molecule has 0 aliphatic rings. The maximum absolute atomic E-state index is 10.1. The van der Waals surface area contributed by atoms with E-state index in [9.17, 15) is 4.79 Å². The minimum Gasteiger partial charge on any atom is -0.480 e. The van der Waals surface area contributed by atoms with E-state index in [-0.39, 0.29) is 5.71 Å². The molecule has 0 saturated heterocycles. The van der Waals surface area contributed by atoms with Gasteiger partial charge in [0, 0.05) is 5.71 Å². The number of rotatable bonds is 4. The molecule has 0 aliphatic heterocycles. The van der Waals surface area contributed by atoms with Gasteiger partial charge >= 0.3 is 5.97 Å². The van der Waals surface area contributed by atoms with Gasteiger partial charge in [-0.3, -0.25) is 4.79 Å². The van der Waals surface area contributed by atoms with Crippen LogP contribution >= 0.6 is 0 Å². The number of nitrogens with two attached hydrogens (primary N) is 1. The van der Waals surface area contributed by atoms with Crippen LogP contribution < -0.4 is 5.73 Å². The molecule has 0 aromatic rings. The zero-order chi connectivity index (χ0) is 8.15. The van der Waals surface area contributed by atoms with Gasteiger partial charge in [0.25, 0.3) is 0 Å². The average molecular weight is 144 g/mol. The van der Waals surface area contributed by atoms with Crippen molar-refractivity contribution >= 4 is 11.7 Å². The summed E-state index contributed by atoms with van der Waals surface area (Å²) in [6.45, 7) is 1.88. The molecule has 0 bridgehead atoms. The van der Waals surface area contributed by atoms with Gasteiger partial charge in [-0.2, -0.15) is 0 Å². The van der Waals surface area contributed by atoms with E-state index in [2.05, 4.69) is 0 Å². The van der Waals surface area contributed by atoms with Crippen LogP contribution in [-0.2, 0) is 4.79 Å². The molecule has 4 heteroatoms. The molecule has 0 saturated carbocycles. The van der Waals surface area contributed by atoms with Crippen molar-refractivity contribution in [1.29, 1.82) is 5.41 Å². The minimum atomic E-state index is -1.13. The third-order valence-corrected chi connectivity index (χ3v) is 1.16. The first kappa shape index (κ1) is 9.10. The van der Waals surface area contributed by atoms with Crippen molar-refractivity contribution in [3.8, 4) is 0 Å². The molecule has 0 rings (SSSR count). The zero-order valence-corrected chi connectivity index (χ0v) is 5.92. The molecular formula is C6H12N2O2. The summed E-state index contributed by atoms with van der Waals surface area (Å²) in [5, 5.41) is 15.4. The lowest BCUT2D eigenvalue weighted by Crippen LogP contribution is -2.37. The summed E-state index contributed by atoms with van der Waals surface area (Å²) >= 11 is 0. The van der Waals surface area contributed by atoms with E-state index >= 15 is 0 Å². The van der Waals surface area contributed by atoms with Crippen molar-refractivity contribution in [3.05, 3.63) is 0 Å². The molecule has 0 aromatic heterocycles. The summed E-state index contributed by atoms with van der Waals surface area (Å²) in [6.07, 6.45) is 1.23. The molecular weight excluding hydrogens is 132 g/mol. The van der Waals surface area contributed by atoms with Crippen LogP contribution in [0.25, 0.3) is 0 Å². The van der Waals surface area contributed by atoms with Gasteiger partial charge in [-0.25, -0.2) is 0 Å². The molecule has 58 valence electrons. The molecule has 0 fully saturated rings. The van der Waals surface area contributed by atoms with Crippen LogP contribution in [0.2, 0.25) is 0 Å². The Morgan fingerprint density at radius 1 is 1.80 bits per heavy atom. The number of aliphatic carboxylic acids is 1. The molecule has 4 N–H and O–H groups in total. The lowest BCUT2D eigenvalue weighted by molar-refractivity contribution is -0.136. The smallest absolute Gasteiger partial charge is 0.326 e. The Hall–Kier alpha value is -0.900. The maximum Gasteiger partial charge on any atom is 0.326 e. The van der Waals surface area contributed by atoms with Crippen LogP contribution in [0.15, 0.2) is 0 Å². The third-order valence-electron chi connectivity index (χ3n) is 1.16. The number of hydrogen-bond acceptors (Lipinski definition) is 3. The standard InChI is InChI=1S/C6H12N2O2/c1-2-3-4(7)5(8)6(9)10/h5,7H,2-3,8H2,1H3,(H,9,10). The van der Waals surface area contributed by atoms with Gasteiger partial charge in [0.1, 0.15) is 6.04 Å². The second-order valence-corrected chi connectivity index (χ2v) is 2.09. The van der Waals surface area contributed by atoms with E-state index in [4.69, 9.17) is 16.2 Å². The van der Waals surface area contributed by atoms with E-state index in [0.29, 0.717) is 6.42 Å². The number of carbonyl (C=O) groups is 1. The van der Waals surface area contributed by atoms with Crippen molar-refractivity contribution in [1.82, 2.24) is 0 Å². The van der Waals surface area contributed by atoms with Crippen LogP contribution in [-0.4, -0.2) is 22.8 Å². The van der Waals surface area contributed by atoms with Crippen LogP contribution in [0.1, 0.15) is 19.8 Å². The summed E-state index contributed by atoms with van der Waals surface area (Å²) in [5.41, 5.74) is 5.21. The monoisotopic (exact) mass is 144 g/mol. The number of nitrogens with one attached hydrogen (secondary N) is 1. The maximum atomic E-state index is 10.1. The van der Waals surface area contributed by atoms with Crippen molar-refractivity contribution in [2.45, 2.75) is 25.8 Å². The molecule has 1 atom stereocenters. The Morgan fingerprint density at radius 3 is 2.60 bits per heavy atom. The van der Waals surface area contributed by atoms with E-state index < -0.39 is 12.0 Å². The average Bonchev–Trinajstić information content (AvgIpc) is 1.87. The Balaban J connectivity index is 3.82. The molecule has 0 heterocycles. The summed E-state index contributed by atoms with van der Waals surface area (Å²) in [4.78, 5) is 10.1. The van der Waals surface area contributed by atoms with E-state index in [1.54, 1.807) is 0 Å². The first-order valence-corrected chi connectivity index (χ1v) is 3.15. The van der Waals surface area contributed by atoms with Gasteiger partial charge in [-0.15, -0.1) is 0 Å². The largest absolute Gasteiger partial charge is 0.480 e. The topological polar surface area (TPSA) is 87.2 Å². The van der Waals surface area contributed by atoms with Gasteiger partial charge < -0.3 is 16.2 Å². The molecule has 0 spiro atoms. The van der Waals surface area contributed by atoms with E-state index in [1.165, 1.54) is 0 Å². The zero-order valence-electron chi connectivity index (χ0n) is 5.92. The van der Waals surface area contributed by atoms with Crippen molar-refractivity contribution < 1.29 is 9.90 Å². The quantitative estimate of drug-likeness (QED) is 0.493. The number of hydrogen-bond donors (Lipinski definition) is 3. The fraction of sp³-hybridized carbons (Fsp3) is 0.667. The highest BCUT2D eigenvalue weighted by Crippen LogP contribution is 1.93. The van der Waals surface area contributed by atoms with Gasteiger partial charge in [-0.05, 0) is 6.42 Å². The van der Waals surface area contributed by atoms with Crippen molar-refractivity contribution in [3.63, 3.8) is 0 Å². The molecule has 0 amide bonds. The SMILES string of the molecule is CCCC(=N)C(N)C(=O)O. The highest BCUT2D eigenvalue weighted by Gasteiger charge is 2.15. The molecule has 4 nitrogen and oxygen atoms in total. The fourth-order valence-corrected chi connectivity index (χ4v) is 0.574. The predicted molar refractivity (Wildman–Crippen MR) is 38.2 cm³/mol. The number of carboxylic acid groups (broad SMARTS) is 1. The van der Waals surface area contributed by atoms with E-state index in [1.807, 2.05) is 6.92 Å². The lowest BCUT2D eigenvalue weighted by Gasteiger charge is -2.05. The van der Waals surface area contributed by atoms with Crippen molar-refractivity contribution in [2.24, 2.45) is 5.73 Å². The Labute approximate surface area is 59.5 Å². The van der Waals surface area contributed by atoms with Crippen LogP contribution in [0.5, 0.6) is 0 Å². The fourth-order valence-electron chi connectivity index (χ4n) is 0.574.